The third kappa shape index (κ3) is 4.77. The van der Waals surface area contributed by atoms with Gasteiger partial charge in [0.1, 0.15) is 6.10 Å². The van der Waals surface area contributed by atoms with E-state index in [0.29, 0.717) is 18.4 Å². The van der Waals surface area contributed by atoms with Gasteiger partial charge in [0, 0.05) is 13.1 Å². The lowest BCUT2D eigenvalue weighted by Gasteiger charge is -2.31. The molecule has 3 unspecified atom stereocenters. The molecule has 0 aromatic rings. The Morgan fingerprint density at radius 2 is 1.84 bits per heavy atom. The van der Waals surface area contributed by atoms with Crippen LogP contribution in [0.15, 0.2) is 0 Å². The predicted octanol–water partition coefficient (Wildman–Crippen LogP) is 2.02. The van der Waals surface area contributed by atoms with Crippen molar-refractivity contribution >= 4 is 5.91 Å². The summed E-state index contributed by atoms with van der Waals surface area (Å²) in [7, 11) is 0. The second kappa shape index (κ2) is 8.54. The van der Waals surface area contributed by atoms with Gasteiger partial charge in [-0.25, -0.2) is 0 Å². The molecule has 4 heteroatoms. The number of hydrogen-bond donors (Lipinski definition) is 1. The van der Waals surface area contributed by atoms with Crippen LogP contribution in [-0.2, 0) is 9.53 Å². The van der Waals surface area contributed by atoms with Gasteiger partial charge in [0.05, 0.1) is 6.61 Å². The lowest BCUT2D eigenvalue weighted by Crippen LogP contribution is -2.40. The Bertz CT molecular complexity index is 267. The number of ether oxygens (including phenoxy) is 1. The van der Waals surface area contributed by atoms with Crippen LogP contribution in [0.3, 0.4) is 0 Å². The number of carbonyl (C=O) groups excluding carboxylic acids is 1. The van der Waals surface area contributed by atoms with E-state index in [0.717, 1.165) is 19.6 Å². The van der Waals surface area contributed by atoms with E-state index in [1.54, 1.807) is 0 Å². The van der Waals surface area contributed by atoms with Crippen molar-refractivity contribution in [2.75, 3.05) is 26.2 Å². The van der Waals surface area contributed by atoms with Gasteiger partial charge in [0.2, 0.25) is 0 Å². The van der Waals surface area contributed by atoms with Crippen molar-refractivity contribution in [3.63, 3.8) is 0 Å². The molecular weight excluding hydrogens is 240 g/mol. The predicted molar refractivity (Wildman–Crippen MR) is 77.8 cm³/mol. The van der Waals surface area contributed by atoms with E-state index in [4.69, 9.17) is 10.5 Å². The minimum Gasteiger partial charge on any atom is -0.368 e. The van der Waals surface area contributed by atoms with Crippen LogP contribution in [-0.4, -0.2) is 43.2 Å². The van der Waals surface area contributed by atoms with Crippen LogP contribution in [0.2, 0.25) is 0 Å². The fourth-order valence-corrected chi connectivity index (χ4v) is 2.95. The maximum absolute atomic E-state index is 12.1. The SMILES string of the molecule is CCN(CC)C(=O)C(C)OCC1CCCCC1CN. The summed E-state index contributed by atoms with van der Waals surface area (Å²) < 4.78 is 5.81. The molecule has 19 heavy (non-hydrogen) atoms. The van der Waals surface area contributed by atoms with Gasteiger partial charge in [-0.3, -0.25) is 4.79 Å². The van der Waals surface area contributed by atoms with Gasteiger partial charge in [0.15, 0.2) is 0 Å². The molecule has 2 N–H and O–H groups in total. The fraction of sp³-hybridized carbons (Fsp3) is 0.933. The molecule has 0 heterocycles. The lowest BCUT2D eigenvalue weighted by atomic mass is 9.80. The molecule has 0 bridgehead atoms. The van der Waals surface area contributed by atoms with Gasteiger partial charge < -0.3 is 15.4 Å². The Morgan fingerprint density at radius 1 is 1.26 bits per heavy atom. The van der Waals surface area contributed by atoms with Crippen molar-refractivity contribution in [2.45, 2.75) is 52.6 Å². The molecule has 1 amide bonds. The molecule has 1 fully saturated rings. The first-order valence-corrected chi connectivity index (χ1v) is 7.74. The largest absolute Gasteiger partial charge is 0.368 e. The van der Waals surface area contributed by atoms with E-state index in [2.05, 4.69) is 0 Å². The lowest BCUT2D eigenvalue weighted by molar-refractivity contribution is -0.143. The molecule has 0 radical (unpaired) electrons. The minimum atomic E-state index is -0.333. The van der Waals surface area contributed by atoms with Crippen LogP contribution in [0.1, 0.15) is 46.5 Å². The highest BCUT2D eigenvalue weighted by Gasteiger charge is 2.26. The van der Waals surface area contributed by atoms with E-state index >= 15 is 0 Å². The highest BCUT2D eigenvalue weighted by Crippen LogP contribution is 2.29. The second-order valence-corrected chi connectivity index (χ2v) is 5.53. The zero-order valence-electron chi connectivity index (χ0n) is 12.7. The van der Waals surface area contributed by atoms with Gasteiger partial charge in [-0.05, 0) is 52.0 Å². The first-order chi connectivity index (χ1) is 9.13. The quantitative estimate of drug-likeness (QED) is 0.770. The Balaban J connectivity index is 2.39. The number of amides is 1. The topological polar surface area (TPSA) is 55.6 Å². The molecule has 1 saturated carbocycles. The first kappa shape index (κ1) is 16.4. The van der Waals surface area contributed by atoms with E-state index < -0.39 is 0 Å². The molecule has 0 aliphatic heterocycles. The smallest absolute Gasteiger partial charge is 0.251 e. The Hall–Kier alpha value is -0.610. The fourth-order valence-electron chi connectivity index (χ4n) is 2.95. The maximum atomic E-state index is 12.1. The molecule has 1 rings (SSSR count). The van der Waals surface area contributed by atoms with Crippen LogP contribution in [0.4, 0.5) is 0 Å². The summed E-state index contributed by atoms with van der Waals surface area (Å²) in [6, 6.07) is 0. The minimum absolute atomic E-state index is 0.102. The van der Waals surface area contributed by atoms with E-state index in [-0.39, 0.29) is 12.0 Å². The second-order valence-electron chi connectivity index (χ2n) is 5.53. The number of nitrogens with two attached hydrogens (primary N) is 1. The molecule has 0 spiro atoms. The zero-order chi connectivity index (χ0) is 14.3. The Labute approximate surface area is 117 Å². The van der Waals surface area contributed by atoms with Gasteiger partial charge in [0.25, 0.3) is 5.91 Å². The van der Waals surface area contributed by atoms with E-state index in [9.17, 15) is 4.79 Å². The highest BCUT2D eigenvalue weighted by atomic mass is 16.5. The number of nitrogens with zero attached hydrogens (tertiary/aromatic N) is 1. The summed E-state index contributed by atoms with van der Waals surface area (Å²) in [6.07, 6.45) is 4.62. The number of carbonyl (C=O) groups is 1. The van der Waals surface area contributed by atoms with Crippen molar-refractivity contribution in [3.8, 4) is 0 Å². The molecule has 1 aliphatic carbocycles. The molecule has 4 nitrogen and oxygen atoms in total. The molecule has 112 valence electrons. The van der Waals surface area contributed by atoms with Gasteiger partial charge in [-0.2, -0.15) is 0 Å². The Morgan fingerprint density at radius 3 is 2.37 bits per heavy atom. The molecule has 0 aromatic carbocycles. The summed E-state index contributed by atoms with van der Waals surface area (Å²) >= 11 is 0. The normalized spacial score (nSPS) is 25.1. The molecule has 1 aliphatic rings. The van der Waals surface area contributed by atoms with Crippen LogP contribution in [0, 0.1) is 11.8 Å². The number of rotatable bonds is 7. The van der Waals surface area contributed by atoms with Crippen LogP contribution < -0.4 is 5.73 Å². The Kier molecular flexibility index (Phi) is 7.39. The summed E-state index contributed by atoms with van der Waals surface area (Å²) in [5.41, 5.74) is 5.82. The van der Waals surface area contributed by atoms with Gasteiger partial charge in [-0.1, -0.05) is 12.8 Å². The maximum Gasteiger partial charge on any atom is 0.251 e. The molecule has 0 saturated heterocycles. The monoisotopic (exact) mass is 270 g/mol. The summed E-state index contributed by atoms with van der Waals surface area (Å²) in [6.45, 7) is 8.78. The zero-order valence-corrected chi connectivity index (χ0v) is 12.7. The number of likely N-dealkylation sites (N-methyl/N-ethyl adjacent to an activating group) is 1. The van der Waals surface area contributed by atoms with Crippen molar-refractivity contribution < 1.29 is 9.53 Å². The standard InChI is InChI=1S/C15H30N2O2/c1-4-17(5-2)15(18)12(3)19-11-14-9-7-6-8-13(14)10-16/h12-14H,4-11,16H2,1-3H3. The summed E-state index contributed by atoms with van der Waals surface area (Å²) in [5.74, 6) is 1.21. The molecule has 3 atom stereocenters. The van der Waals surface area contributed by atoms with Gasteiger partial charge in [-0.15, -0.1) is 0 Å². The van der Waals surface area contributed by atoms with Crippen LogP contribution in [0.25, 0.3) is 0 Å². The first-order valence-electron chi connectivity index (χ1n) is 7.74. The third-order valence-electron chi connectivity index (χ3n) is 4.35. The van der Waals surface area contributed by atoms with Crippen molar-refractivity contribution in [2.24, 2.45) is 17.6 Å². The average Bonchev–Trinajstić information content (AvgIpc) is 2.46. The highest BCUT2D eigenvalue weighted by molar-refractivity contribution is 5.80. The van der Waals surface area contributed by atoms with Crippen molar-refractivity contribution in [1.29, 1.82) is 0 Å². The average molecular weight is 270 g/mol. The third-order valence-corrected chi connectivity index (χ3v) is 4.35. The molecular formula is C15H30N2O2. The summed E-state index contributed by atoms with van der Waals surface area (Å²) in [4.78, 5) is 13.9. The van der Waals surface area contributed by atoms with Crippen molar-refractivity contribution in [1.82, 2.24) is 4.90 Å². The van der Waals surface area contributed by atoms with Crippen LogP contribution >= 0.6 is 0 Å². The van der Waals surface area contributed by atoms with Gasteiger partial charge >= 0.3 is 0 Å². The van der Waals surface area contributed by atoms with E-state index in [1.807, 2.05) is 25.7 Å². The number of hydrogen-bond acceptors (Lipinski definition) is 3. The van der Waals surface area contributed by atoms with Crippen LogP contribution in [0.5, 0.6) is 0 Å². The van der Waals surface area contributed by atoms with E-state index in [1.165, 1.54) is 25.7 Å². The molecule has 0 aromatic heterocycles. The summed E-state index contributed by atoms with van der Waals surface area (Å²) in [5, 5.41) is 0. The van der Waals surface area contributed by atoms with Crippen molar-refractivity contribution in [3.05, 3.63) is 0 Å².